The molecule has 2 N–H and O–H groups in total. The molecule has 0 atom stereocenters. The molecule has 0 radical (unpaired) electrons. The molecule has 0 aliphatic rings. The SMILES string of the molecule is CCc1cc(C(C)=O)c(N)cc1OCc1ccccc1. The third-order valence-corrected chi connectivity index (χ3v) is 3.23. The molecule has 0 bridgehead atoms. The highest BCUT2D eigenvalue weighted by Gasteiger charge is 2.11. The van der Waals surface area contributed by atoms with Crippen molar-refractivity contribution in [1.82, 2.24) is 0 Å². The van der Waals surface area contributed by atoms with E-state index in [-0.39, 0.29) is 5.78 Å². The molecule has 2 rings (SSSR count). The number of nitrogen functional groups attached to an aromatic ring is 1. The standard InChI is InChI=1S/C17H19NO2/c1-3-14-9-15(12(2)19)16(18)10-17(14)20-11-13-7-5-4-6-8-13/h4-10H,3,11,18H2,1-2H3. The summed E-state index contributed by atoms with van der Waals surface area (Å²) in [6.45, 7) is 4.05. The van der Waals surface area contributed by atoms with Crippen LogP contribution in [0.5, 0.6) is 5.75 Å². The van der Waals surface area contributed by atoms with Crippen LogP contribution in [-0.2, 0) is 13.0 Å². The zero-order chi connectivity index (χ0) is 14.5. The number of hydrogen-bond donors (Lipinski definition) is 1. The average Bonchev–Trinajstić information content (AvgIpc) is 2.46. The summed E-state index contributed by atoms with van der Waals surface area (Å²) < 4.78 is 5.84. The maximum atomic E-state index is 11.5. The summed E-state index contributed by atoms with van der Waals surface area (Å²) in [6.07, 6.45) is 0.796. The van der Waals surface area contributed by atoms with Gasteiger partial charge < -0.3 is 10.5 Å². The zero-order valence-corrected chi connectivity index (χ0v) is 11.8. The van der Waals surface area contributed by atoms with Gasteiger partial charge in [0.15, 0.2) is 5.78 Å². The van der Waals surface area contributed by atoms with Crippen molar-refractivity contribution in [3.05, 3.63) is 59.2 Å². The number of nitrogens with two attached hydrogens (primary N) is 1. The number of rotatable bonds is 5. The minimum atomic E-state index is -0.0215. The highest BCUT2D eigenvalue weighted by Crippen LogP contribution is 2.27. The van der Waals surface area contributed by atoms with Gasteiger partial charge in [-0.15, -0.1) is 0 Å². The molecule has 0 spiro atoms. The fourth-order valence-electron chi connectivity index (χ4n) is 2.09. The molecule has 20 heavy (non-hydrogen) atoms. The topological polar surface area (TPSA) is 52.3 Å². The first-order valence-corrected chi connectivity index (χ1v) is 6.72. The molecule has 0 saturated heterocycles. The van der Waals surface area contributed by atoms with Crippen molar-refractivity contribution in [2.45, 2.75) is 26.9 Å². The fourth-order valence-corrected chi connectivity index (χ4v) is 2.09. The first-order chi connectivity index (χ1) is 9.61. The predicted octanol–water partition coefficient (Wildman–Crippen LogP) is 3.61. The van der Waals surface area contributed by atoms with Crippen LogP contribution >= 0.6 is 0 Å². The molecule has 0 aromatic heterocycles. The number of benzene rings is 2. The van der Waals surface area contributed by atoms with Crippen molar-refractivity contribution < 1.29 is 9.53 Å². The molecule has 0 amide bonds. The third kappa shape index (κ3) is 3.18. The van der Waals surface area contributed by atoms with Crippen molar-refractivity contribution in [3.63, 3.8) is 0 Å². The molecule has 0 aliphatic carbocycles. The summed E-state index contributed by atoms with van der Waals surface area (Å²) in [6, 6.07) is 13.5. The van der Waals surface area contributed by atoms with Crippen LogP contribution in [-0.4, -0.2) is 5.78 Å². The van der Waals surface area contributed by atoms with Gasteiger partial charge in [-0.25, -0.2) is 0 Å². The molecular weight excluding hydrogens is 250 g/mol. The Morgan fingerprint density at radius 3 is 2.50 bits per heavy atom. The van der Waals surface area contributed by atoms with Crippen LogP contribution in [0.4, 0.5) is 5.69 Å². The van der Waals surface area contributed by atoms with Gasteiger partial charge in [-0.3, -0.25) is 4.79 Å². The van der Waals surface area contributed by atoms with Gasteiger partial charge in [0.1, 0.15) is 12.4 Å². The smallest absolute Gasteiger partial charge is 0.161 e. The van der Waals surface area contributed by atoms with E-state index in [1.807, 2.05) is 43.3 Å². The Kier molecular flexibility index (Phi) is 4.41. The maximum absolute atomic E-state index is 11.5. The first kappa shape index (κ1) is 14.1. The molecule has 0 aliphatic heterocycles. The van der Waals surface area contributed by atoms with Gasteiger partial charge in [0.05, 0.1) is 0 Å². The van der Waals surface area contributed by atoms with Crippen molar-refractivity contribution >= 4 is 11.5 Å². The van der Waals surface area contributed by atoms with Crippen LogP contribution < -0.4 is 10.5 Å². The van der Waals surface area contributed by atoms with Gasteiger partial charge in [0.2, 0.25) is 0 Å². The maximum Gasteiger partial charge on any atom is 0.161 e. The van der Waals surface area contributed by atoms with Crippen LogP contribution in [0.25, 0.3) is 0 Å². The lowest BCUT2D eigenvalue weighted by atomic mass is 10.0. The van der Waals surface area contributed by atoms with Gasteiger partial charge in [-0.05, 0) is 30.5 Å². The second-order valence-electron chi connectivity index (χ2n) is 4.73. The van der Waals surface area contributed by atoms with E-state index in [0.29, 0.717) is 17.9 Å². The van der Waals surface area contributed by atoms with Gasteiger partial charge in [-0.2, -0.15) is 0 Å². The van der Waals surface area contributed by atoms with E-state index in [2.05, 4.69) is 0 Å². The summed E-state index contributed by atoms with van der Waals surface area (Å²) in [4.78, 5) is 11.5. The Morgan fingerprint density at radius 2 is 1.90 bits per heavy atom. The third-order valence-electron chi connectivity index (χ3n) is 3.23. The molecule has 0 fully saturated rings. The van der Waals surface area contributed by atoms with Crippen molar-refractivity contribution in [2.75, 3.05) is 5.73 Å². The molecule has 0 heterocycles. The number of hydrogen-bond acceptors (Lipinski definition) is 3. The molecule has 2 aromatic carbocycles. The van der Waals surface area contributed by atoms with Gasteiger partial charge >= 0.3 is 0 Å². The summed E-state index contributed by atoms with van der Waals surface area (Å²) in [5.74, 6) is 0.727. The van der Waals surface area contributed by atoms with E-state index in [1.165, 1.54) is 6.92 Å². The van der Waals surface area contributed by atoms with Crippen LogP contribution in [0.3, 0.4) is 0 Å². The Bertz CT molecular complexity index is 606. The number of carbonyl (C=O) groups excluding carboxylic acids is 1. The van der Waals surface area contributed by atoms with E-state index < -0.39 is 0 Å². The van der Waals surface area contributed by atoms with Crippen LogP contribution in [0.15, 0.2) is 42.5 Å². The van der Waals surface area contributed by atoms with Gasteiger partial charge in [0, 0.05) is 17.3 Å². The Balaban J connectivity index is 2.23. The van der Waals surface area contributed by atoms with Crippen molar-refractivity contribution in [2.24, 2.45) is 0 Å². The normalized spacial score (nSPS) is 10.3. The lowest BCUT2D eigenvalue weighted by molar-refractivity contribution is 0.101. The Labute approximate surface area is 119 Å². The second-order valence-corrected chi connectivity index (χ2v) is 4.73. The van der Waals surface area contributed by atoms with Crippen LogP contribution in [0.2, 0.25) is 0 Å². The lowest BCUT2D eigenvalue weighted by Gasteiger charge is -2.13. The number of anilines is 1. The number of ketones is 1. The van der Waals surface area contributed by atoms with Gasteiger partial charge in [-0.1, -0.05) is 37.3 Å². The van der Waals surface area contributed by atoms with E-state index in [9.17, 15) is 4.79 Å². The molecule has 3 nitrogen and oxygen atoms in total. The molecule has 3 heteroatoms. The second kappa shape index (κ2) is 6.24. The summed E-state index contributed by atoms with van der Waals surface area (Å²) in [7, 11) is 0. The van der Waals surface area contributed by atoms with Crippen LogP contribution in [0.1, 0.15) is 35.3 Å². The minimum absolute atomic E-state index is 0.0215. The quantitative estimate of drug-likeness (QED) is 0.666. The molecule has 0 saturated carbocycles. The summed E-state index contributed by atoms with van der Waals surface area (Å²) in [5, 5.41) is 0. The summed E-state index contributed by atoms with van der Waals surface area (Å²) >= 11 is 0. The zero-order valence-electron chi connectivity index (χ0n) is 11.8. The van der Waals surface area contributed by atoms with E-state index in [0.717, 1.165) is 23.3 Å². The average molecular weight is 269 g/mol. The minimum Gasteiger partial charge on any atom is -0.489 e. The molecular formula is C17H19NO2. The Hall–Kier alpha value is -2.29. The number of ether oxygens (including phenoxy) is 1. The lowest BCUT2D eigenvalue weighted by Crippen LogP contribution is -2.04. The molecule has 2 aromatic rings. The number of aryl methyl sites for hydroxylation is 1. The largest absolute Gasteiger partial charge is 0.489 e. The van der Waals surface area contributed by atoms with Gasteiger partial charge in [0.25, 0.3) is 0 Å². The van der Waals surface area contributed by atoms with E-state index in [4.69, 9.17) is 10.5 Å². The monoisotopic (exact) mass is 269 g/mol. The molecule has 0 unspecified atom stereocenters. The van der Waals surface area contributed by atoms with E-state index >= 15 is 0 Å². The summed E-state index contributed by atoms with van der Waals surface area (Å²) in [5.41, 5.74) is 9.05. The van der Waals surface area contributed by atoms with E-state index in [1.54, 1.807) is 6.07 Å². The first-order valence-electron chi connectivity index (χ1n) is 6.72. The fraction of sp³-hybridized carbons (Fsp3) is 0.235. The van der Waals surface area contributed by atoms with Crippen LogP contribution in [0, 0.1) is 0 Å². The van der Waals surface area contributed by atoms with Crippen molar-refractivity contribution in [1.29, 1.82) is 0 Å². The van der Waals surface area contributed by atoms with Crippen molar-refractivity contribution in [3.8, 4) is 5.75 Å². The number of Topliss-reactive ketones (excluding diaryl/α,β-unsaturated/α-hetero) is 1. The Morgan fingerprint density at radius 1 is 1.20 bits per heavy atom. The molecule has 104 valence electrons. The highest BCUT2D eigenvalue weighted by molar-refractivity contribution is 5.99. The predicted molar refractivity (Wildman–Crippen MR) is 81.0 cm³/mol. The number of carbonyl (C=O) groups is 1. The highest BCUT2D eigenvalue weighted by atomic mass is 16.5.